The van der Waals surface area contributed by atoms with E-state index in [4.69, 9.17) is 28.9 Å². The molecule has 1 aromatic carbocycles. The number of thiazole rings is 1. The van der Waals surface area contributed by atoms with Crippen LogP contribution in [0.4, 0.5) is 26.3 Å². The average molecular weight is 564 g/mol. The maximum atomic E-state index is 13.3. The van der Waals surface area contributed by atoms with Gasteiger partial charge in [0.05, 0.1) is 14.9 Å². The predicted molar refractivity (Wildman–Crippen MR) is 116 cm³/mol. The molecule has 192 valence electrons. The van der Waals surface area contributed by atoms with E-state index < -0.39 is 45.4 Å². The predicted octanol–water partition coefficient (Wildman–Crippen LogP) is 5.54. The third kappa shape index (κ3) is 4.70. The molecule has 2 aromatic rings. The van der Waals surface area contributed by atoms with Gasteiger partial charge in [-0.2, -0.15) is 26.3 Å². The van der Waals surface area contributed by atoms with Crippen molar-refractivity contribution in [2.75, 3.05) is 6.54 Å². The Labute approximate surface area is 208 Å². The van der Waals surface area contributed by atoms with Crippen LogP contribution in [-0.4, -0.2) is 51.7 Å². The quantitative estimate of drug-likeness (QED) is 0.477. The van der Waals surface area contributed by atoms with Crippen LogP contribution in [0.2, 0.25) is 10.0 Å². The third-order valence-corrected chi connectivity index (χ3v) is 7.63. The standard InChI is InChI=1S/C20H17Cl2F6N3O3S/c1-8-4-2-3-7-31(8)17(33)13-14(35-16(30-13)15(29)32)9-5-6-10(12(22)11(9)21)18(34,19(23,24)25)20(26,27)28/h5-6,8,34H,2-4,7H2,1H3,(H2,29,32). The second kappa shape index (κ2) is 9.41. The number of aliphatic hydroxyl groups is 1. The van der Waals surface area contributed by atoms with E-state index >= 15 is 0 Å². The molecule has 3 N–H and O–H groups in total. The lowest BCUT2D eigenvalue weighted by atomic mass is 9.91. The van der Waals surface area contributed by atoms with E-state index in [-0.39, 0.29) is 27.2 Å². The van der Waals surface area contributed by atoms with E-state index in [0.29, 0.717) is 36.8 Å². The maximum Gasteiger partial charge on any atom is 0.430 e. The molecule has 2 amide bonds. The summed E-state index contributed by atoms with van der Waals surface area (Å²) in [7, 11) is 0. The molecule has 2 heterocycles. The average Bonchev–Trinajstić information content (AvgIpc) is 3.19. The highest BCUT2D eigenvalue weighted by Crippen LogP contribution is 2.54. The minimum Gasteiger partial charge on any atom is -0.369 e. The first-order valence-electron chi connectivity index (χ1n) is 9.98. The number of halogens is 8. The minimum atomic E-state index is -6.19. The normalized spacial score (nSPS) is 17.5. The van der Waals surface area contributed by atoms with Gasteiger partial charge in [0, 0.05) is 23.7 Å². The van der Waals surface area contributed by atoms with Gasteiger partial charge in [0.25, 0.3) is 17.4 Å². The molecule has 1 aromatic heterocycles. The second-order valence-electron chi connectivity index (χ2n) is 7.90. The number of hydrogen-bond acceptors (Lipinski definition) is 5. The zero-order valence-electron chi connectivity index (χ0n) is 17.7. The highest BCUT2D eigenvalue weighted by molar-refractivity contribution is 7.17. The summed E-state index contributed by atoms with van der Waals surface area (Å²) in [5, 5.41) is 7.34. The van der Waals surface area contributed by atoms with Crippen molar-refractivity contribution in [3.05, 3.63) is 38.4 Å². The number of carbonyl (C=O) groups excluding carboxylic acids is 2. The van der Waals surface area contributed by atoms with Crippen molar-refractivity contribution in [1.29, 1.82) is 0 Å². The number of piperidine rings is 1. The molecule has 0 bridgehead atoms. The Balaban J connectivity index is 2.21. The van der Waals surface area contributed by atoms with Gasteiger partial charge in [-0.05, 0) is 26.2 Å². The Bertz CT molecular complexity index is 1150. The van der Waals surface area contributed by atoms with E-state index in [1.54, 1.807) is 6.92 Å². The fourth-order valence-electron chi connectivity index (χ4n) is 3.76. The lowest BCUT2D eigenvalue weighted by molar-refractivity contribution is -0.376. The number of carbonyl (C=O) groups is 2. The number of nitrogens with two attached hydrogens (primary N) is 1. The summed E-state index contributed by atoms with van der Waals surface area (Å²) in [6.07, 6.45) is -10.1. The molecule has 0 saturated carbocycles. The van der Waals surface area contributed by atoms with E-state index in [0.717, 1.165) is 12.5 Å². The zero-order chi connectivity index (χ0) is 26.5. The fourth-order valence-corrected chi connectivity index (χ4v) is 5.32. The Kier molecular flexibility index (Phi) is 7.40. The van der Waals surface area contributed by atoms with Crippen LogP contribution in [0.5, 0.6) is 0 Å². The summed E-state index contributed by atoms with van der Waals surface area (Å²) in [6, 6.07) is 0.866. The summed E-state index contributed by atoms with van der Waals surface area (Å²) in [5.74, 6) is -1.63. The van der Waals surface area contributed by atoms with Gasteiger partial charge in [0.1, 0.15) is 5.69 Å². The molecule has 1 fully saturated rings. The van der Waals surface area contributed by atoms with Crippen molar-refractivity contribution >= 4 is 46.4 Å². The fraction of sp³-hybridized carbons (Fsp3) is 0.450. The summed E-state index contributed by atoms with van der Waals surface area (Å²) in [4.78, 5) is 30.3. The van der Waals surface area contributed by atoms with E-state index in [9.17, 15) is 41.0 Å². The van der Waals surface area contributed by atoms with Crippen LogP contribution in [0.15, 0.2) is 12.1 Å². The van der Waals surface area contributed by atoms with Crippen LogP contribution >= 0.6 is 34.5 Å². The van der Waals surface area contributed by atoms with E-state index in [1.807, 2.05) is 0 Å². The van der Waals surface area contributed by atoms with Crippen LogP contribution in [0.1, 0.15) is 52.0 Å². The monoisotopic (exact) mass is 563 g/mol. The van der Waals surface area contributed by atoms with Gasteiger partial charge in [-0.15, -0.1) is 11.3 Å². The van der Waals surface area contributed by atoms with Gasteiger partial charge in [-0.1, -0.05) is 35.3 Å². The highest BCUT2D eigenvalue weighted by Gasteiger charge is 2.72. The van der Waals surface area contributed by atoms with E-state index in [1.165, 1.54) is 4.90 Å². The van der Waals surface area contributed by atoms with Crippen LogP contribution in [0.25, 0.3) is 10.4 Å². The number of benzene rings is 1. The molecule has 6 nitrogen and oxygen atoms in total. The van der Waals surface area contributed by atoms with Gasteiger partial charge in [0.2, 0.25) is 0 Å². The molecular weight excluding hydrogens is 547 g/mol. The Hall–Kier alpha value is -2.09. The van der Waals surface area contributed by atoms with Gasteiger partial charge in [0.15, 0.2) is 5.01 Å². The highest BCUT2D eigenvalue weighted by atomic mass is 35.5. The van der Waals surface area contributed by atoms with Crippen molar-refractivity contribution in [2.45, 2.75) is 50.2 Å². The number of rotatable bonds is 4. The molecule has 35 heavy (non-hydrogen) atoms. The Morgan fingerprint density at radius 1 is 1.11 bits per heavy atom. The first-order chi connectivity index (χ1) is 16.0. The Morgan fingerprint density at radius 3 is 2.23 bits per heavy atom. The van der Waals surface area contributed by atoms with Crippen molar-refractivity contribution in [1.82, 2.24) is 9.88 Å². The molecule has 3 rings (SSSR count). The molecule has 1 aliphatic heterocycles. The number of nitrogens with zero attached hydrogens (tertiary/aromatic N) is 2. The van der Waals surface area contributed by atoms with Crippen LogP contribution in [0, 0.1) is 0 Å². The smallest absolute Gasteiger partial charge is 0.369 e. The number of likely N-dealkylation sites (tertiary alicyclic amines) is 1. The second-order valence-corrected chi connectivity index (χ2v) is 9.65. The molecule has 1 unspecified atom stereocenters. The summed E-state index contributed by atoms with van der Waals surface area (Å²) in [5.41, 5.74) is -2.35. The zero-order valence-corrected chi connectivity index (χ0v) is 20.1. The summed E-state index contributed by atoms with van der Waals surface area (Å²) >= 11 is 12.5. The summed E-state index contributed by atoms with van der Waals surface area (Å²) in [6.45, 7) is 2.17. The number of primary amides is 1. The van der Waals surface area contributed by atoms with Crippen LogP contribution < -0.4 is 5.73 Å². The van der Waals surface area contributed by atoms with Gasteiger partial charge in [-0.3, -0.25) is 9.59 Å². The van der Waals surface area contributed by atoms with E-state index in [2.05, 4.69) is 4.98 Å². The number of amides is 2. The SMILES string of the molecule is CC1CCCCN1C(=O)c1nc(C(N)=O)sc1-c1ccc(C(O)(C(F)(F)F)C(F)(F)F)c(Cl)c1Cl. The number of alkyl halides is 6. The number of aromatic nitrogens is 1. The van der Waals surface area contributed by atoms with Crippen molar-refractivity contribution in [3.63, 3.8) is 0 Å². The van der Waals surface area contributed by atoms with Crippen molar-refractivity contribution in [3.8, 4) is 10.4 Å². The molecular formula is C20H17Cl2F6N3O3S. The third-order valence-electron chi connectivity index (χ3n) is 5.64. The van der Waals surface area contributed by atoms with Gasteiger partial charge in [-0.25, -0.2) is 4.98 Å². The molecule has 0 spiro atoms. The summed E-state index contributed by atoms with van der Waals surface area (Å²) < 4.78 is 80.1. The number of hydrogen-bond donors (Lipinski definition) is 2. The molecule has 1 saturated heterocycles. The molecule has 1 atom stereocenters. The maximum absolute atomic E-state index is 13.3. The van der Waals surface area contributed by atoms with Gasteiger partial charge >= 0.3 is 12.4 Å². The minimum absolute atomic E-state index is 0.123. The molecule has 15 heteroatoms. The van der Waals surface area contributed by atoms with Crippen molar-refractivity contribution in [2.24, 2.45) is 5.73 Å². The van der Waals surface area contributed by atoms with Crippen LogP contribution in [0.3, 0.4) is 0 Å². The lowest BCUT2D eigenvalue weighted by Gasteiger charge is -2.34. The largest absolute Gasteiger partial charge is 0.430 e. The first-order valence-corrected chi connectivity index (χ1v) is 11.6. The van der Waals surface area contributed by atoms with Gasteiger partial charge < -0.3 is 15.7 Å². The molecule has 0 aliphatic carbocycles. The lowest BCUT2D eigenvalue weighted by Crippen LogP contribution is -2.54. The van der Waals surface area contributed by atoms with Crippen molar-refractivity contribution < 1.29 is 41.0 Å². The molecule has 1 aliphatic rings. The van der Waals surface area contributed by atoms with Crippen LogP contribution in [-0.2, 0) is 5.60 Å². The molecule has 0 radical (unpaired) electrons. The first kappa shape index (κ1) is 27.5. The topological polar surface area (TPSA) is 96.5 Å². The Morgan fingerprint density at radius 2 is 1.71 bits per heavy atom.